The van der Waals surface area contributed by atoms with Crippen LogP contribution in [-0.2, 0) is 9.59 Å². The summed E-state index contributed by atoms with van der Waals surface area (Å²) in [7, 11) is 0. The number of amides is 1. The van der Waals surface area contributed by atoms with Gasteiger partial charge in [0.2, 0.25) is 0 Å². The molecule has 0 saturated carbocycles. The number of carbonyl (C=O) groups excluding carboxylic acids is 1. The molecule has 0 aliphatic carbocycles. The highest BCUT2D eigenvalue weighted by Crippen LogP contribution is 2.23. The highest BCUT2D eigenvalue weighted by Gasteiger charge is 2.24. The molecular weight excluding hydrogens is 352 g/mol. The van der Waals surface area contributed by atoms with E-state index >= 15 is 0 Å². The average Bonchev–Trinajstić information content (AvgIpc) is 2.36. The number of nitro benzene ring substituents is 1. The topological polar surface area (TPSA) is 138 Å². The Morgan fingerprint density at radius 3 is 2.14 bits per heavy atom. The van der Waals surface area contributed by atoms with Crippen LogP contribution in [0.3, 0.4) is 0 Å². The Morgan fingerprint density at radius 1 is 1.19 bits per heavy atom. The summed E-state index contributed by atoms with van der Waals surface area (Å²) in [5.41, 5.74) is -0.557. The summed E-state index contributed by atoms with van der Waals surface area (Å²) in [5.74, 6) is -3.73. The predicted octanol–water partition coefficient (Wildman–Crippen LogP) is 0.969. The van der Waals surface area contributed by atoms with Crippen molar-refractivity contribution in [3.05, 3.63) is 38.3 Å². The van der Waals surface area contributed by atoms with E-state index in [4.69, 9.17) is 10.2 Å². The fourth-order valence-corrected chi connectivity index (χ4v) is 1.90. The molecule has 1 aromatic carbocycles. The Labute approximate surface area is 126 Å². The number of carbonyl (C=O) groups is 3. The molecule has 0 aromatic heterocycles. The number of non-ortho nitro benzene ring substituents is 1. The van der Waals surface area contributed by atoms with Crippen molar-refractivity contribution in [3.63, 3.8) is 0 Å². The second-order valence-electron chi connectivity index (χ2n) is 3.87. The first-order valence-electron chi connectivity index (χ1n) is 5.39. The molecule has 0 radical (unpaired) electrons. The Hall–Kier alpha value is -2.49. The fraction of sp³-hybridized carbons (Fsp3) is 0.182. The van der Waals surface area contributed by atoms with Gasteiger partial charge in [-0.25, -0.2) is 0 Å². The van der Waals surface area contributed by atoms with Gasteiger partial charge in [-0.3, -0.25) is 24.5 Å². The third-order valence-corrected chi connectivity index (χ3v) is 3.02. The zero-order chi connectivity index (χ0) is 16.2. The van der Waals surface area contributed by atoms with E-state index in [1.165, 1.54) is 6.07 Å². The van der Waals surface area contributed by atoms with Gasteiger partial charge >= 0.3 is 11.9 Å². The Bertz CT molecular complexity index is 601. The third kappa shape index (κ3) is 4.53. The van der Waals surface area contributed by atoms with E-state index in [1.54, 1.807) is 0 Å². The number of aliphatic carboxylic acids is 2. The lowest BCUT2D eigenvalue weighted by Crippen LogP contribution is -2.39. The van der Waals surface area contributed by atoms with Crippen LogP contribution in [0.1, 0.15) is 10.4 Å². The zero-order valence-electron chi connectivity index (χ0n) is 10.4. The number of nitro groups is 1. The lowest BCUT2D eigenvalue weighted by atomic mass is 10.1. The van der Waals surface area contributed by atoms with E-state index in [-0.39, 0.29) is 15.7 Å². The fourth-order valence-electron chi connectivity index (χ4n) is 1.49. The van der Waals surface area contributed by atoms with Gasteiger partial charge in [-0.2, -0.15) is 0 Å². The molecule has 0 atom stereocenters. The molecule has 0 aliphatic heterocycles. The molecule has 0 fully saturated rings. The van der Waals surface area contributed by atoms with Crippen LogP contribution in [0.4, 0.5) is 5.69 Å². The smallest absolute Gasteiger partial charge is 0.323 e. The molecule has 0 unspecified atom stereocenters. The summed E-state index contributed by atoms with van der Waals surface area (Å²) in [4.78, 5) is 44.1. The van der Waals surface area contributed by atoms with Gasteiger partial charge < -0.3 is 15.1 Å². The molecule has 0 saturated heterocycles. The summed E-state index contributed by atoms with van der Waals surface area (Å²) < 4.78 is 0.193. The van der Waals surface area contributed by atoms with Gasteiger partial charge in [0.05, 0.1) is 10.5 Å². The highest BCUT2D eigenvalue weighted by atomic mass is 79.9. The molecule has 0 aliphatic rings. The van der Waals surface area contributed by atoms with E-state index in [9.17, 15) is 24.5 Å². The molecule has 112 valence electrons. The van der Waals surface area contributed by atoms with Crippen LogP contribution in [0.5, 0.6) is 0 Å². The van der Waals surface area contributed by atoms with Gasteiger partial charge in [-0.1, -0.05) is 0 Å². The number of hydrogen-bond donors (Lipinski definition) is 2. The Morgan fingerprint density at radius 2 is 1.71 bits per heavy atom. The van der Waals surface area contributed by atoms with Crippen molar-refractivity contribution in [1.82, 2.24) is 4.90 Å². The zero-order valence-corrected chi connectivity index (χ0v) is 11.9. The van der Waals surface area contributed by atoms with Crippen molar-refractivity contribution < 1.29 is 29.5 Å². The lowest BCUT2D eigenvalue weighted by Gasteiger charge is -2.19. The van der Waals surface area contributed by atoms with Crippen LogP contribution in [0.15, 0.2) is 22.7 Å². The van der Waals surface area contributed by atoms with E-state index < -0.39 is 35.9 Å². The standard InChI is InChI=1S/C11H9BrN2O7/c12-8-2-1-6(14(20)21)3-7(8)11(19)13(4-9(15)16)5-10(17)18/h1-3H,4-5H2,(H,15,16)(H,17,18). The van der Waals surface area contributed by atoms with Crippen molar-refractivity contribution >= 4 is 39.5 Å². The maximum Gasteiger partial charge on any atom is 0.323 e. The van der Waals surface area contributed by atoms with E-state index in [0.717, 1.165) is 12.1 Å². The SMILES string of the molecule is O=C(O)CN(CC(=O)O)C(=O)c1cc([N+](=O)[O-])ccc1Br. The van der Waals surface area contributed by atoms with Gasteiger partial charge in [-0.15, -0.1) is 0 Å². The number of benzene rings is 1. The van der Waals surface area contributed by atoms with Crippen molar-refractivity contribution in [3.8, 4) is 0 Å². The van der Waals surface area contributed by atoms with Crippen molar-refractivity contribution in [2.24, 2.45) is 0 Å². The molecule has 0 bridgehead atoms. The molecular formula is C11H9BrN2O7. The molecule has 0 heterocycles. The second-order valence-corrected chi connectivity index (χ2v) is 4.72. The van der Waals surface area contributed by atoms with E-state index in [1.807, 2.05) is 0 Å². The van der Waals surface area contributed by atoms with Gasteiger partial charge in [0, 0.05) is 16.6 Å². The summed E-state index contributed by atoms with van der Waals surface area (Å²) >= 11 is 3.02. The van der Waals surface area contributed by atoms with Crippen LogP contribution in [0.25, 0.3) is 0 Å². The van der Waals surface area contributed by atoms with E-state index in [2.05, 4.69) is 15.9 Å². The minimum atomic E-state index is -1.40. The van der Waals surface area contributed by atoms with Gasteiger partial charge in [0.25, 0.3) is 11.6 Å². The average molecular weight is 361 g/mol. The molecule has 21 heavy (non-hydrogen) atoms. The first-order valence-corrected chi connectivity index (χ1v) is 6.18. The number of carboxylic acid groups (broad SMARTS) is 2. The maximum atomic E-state index is 12.2. The molecule has 1 rings (SSSR count). The Kier molecular flexibility index (Phi) is 5.36. The van der Waals surface area contributed by atoms with Crippen LogP contribution >= 0.6 is 15.9 Å². The van der Waals surface area contributed by atoms with Crippen LogP contribution in [-0.4, -0.2) is 51.0 Å². The number of rotatable bonds is 6. The largest absolute Gasteiger partial charge is 0.480 e. The van der Waals surface area contributed by atoms with Crippen LogP contribution in [0.2, 0.25) is 0 Å². The minimum Gasteiger partial charge on any atom is -0.480 e. The molecule has 10 heteroatoms. The normalized spacial score (nSPS) is 9.95. The third-order valence-electron chi connectivity index (χ3n) is 2.33. The number of carboxylic acids is 2. The first kappa shape index (κ1) is 16.6. The number of nitrogens with zero attached hydrogens (tertiary/aromatic N) is 2. The lowest BCUT2D eigenvalue weighted by molar-refractivity contribution is -0.384. The minimum absolute atomic E-state index is 0.188. The molecule has 9 nitrogen and oxygen atoms in total. The van der Waals surface area contributed by atoms with Crippen molar-refractivity contribution in [2.75, 3.05) is 13.1 Å². The van der Waals surface area contributed by atoms with Crippen molar-refractivity contribution in [1.29, 1.82) is 0 Å². The maximum absolute atomic E-state index is 12.2. The number of hydrogen-bond acceptors (Lipinski definition) is 5. The van der Waals surface area contributed by atoms with Crippen LogP contribution in [0, 0.1) is 10.1 Å². The first-order chi connectivity index (χ1) is 9.72. The molecule has 1 aromatic rings. The quantitative estimate of drug-likeness (QED) is 0.569. The van der Waals surface area contributed by atoms with Gasteiger partial charge in [-0.05, 0) is 22.0 Å². The highest BCUT2D eigenvalue weighted by molar-refractivity contribution is 9.10. The van der Waals surface area contributed by atoms with Gasteiger partial charge in [0.1, 0.15) is 13.1 Å². The molecule has 0 spiro atoms. The summed E-state index contributed by atoms with van der Waals surface area (Å²) in [6.07, 6.45) is 0. The summed E-state index contributed by atoms with van der Waals surface area (Å²) in [5, 5.41) is 28.1. The molecule has 1 amide bonds. The molecule has 2 N–H and O–H groups in total. The summed E-state index contributed by atoms with van der Waals surface area (Å²) in [6, 6.07) is 3.35. The Balaban J connectivity index is 3.18. The monoisotopic (exact) mass is 360 g/mol. The number of halogens is 1. The summed E-state index contributed by atoms with van der Waals surface area (Å²) in [6.45, 7) is -1.67. The van der Waals surface area contributed by atoms with Gasteiger partial charge in [0.15, 0.2) is 0 Å². The van der Waals surface area contributed by atoms with E-state index in [0.29, 0.717) is 4.90 Å². The van der Waals surface area contributed by atoms with Crippen LogP contribution < -0.4 is 0 Å². The predicted molar refractivity (Wildman–Crippen MR) is 72.0 cm³/mol. The second kappa shape index (κ2) is 6.79. The van der Waals surface area contributed by atoms with Crippen molar-refractivity contribution in [2.45, 2.75) is 0 Å².